The van der Waals surface area contributed by atoms with Crippen LogP contribution in [0.15, 0.2) is 0 Å². The molecule has 0 aromatic heterocycles. The van der Waals surface area contributed by atoms with Crippen molar-refractivity contribution >= 4 is 0 Å². The van der Waals surface area contributed by atoms with Crippen molar-refractivity contribution in [2.75, 3.05) is 0 Å². The Balaban J connectivity index is 1.95. The number of rotatable bonds is 3. The van der Waals surface area contributed by atoms with Crippen LogP contribution in [-0.2, 0) is 0 Å². The van der Waals surface area contributed by atoms with Crippen LogP contribution in [0.4, 0.5) is 0 Å². The summed E-state index contributed by atoms with van der Waals surface area (Å²) >= 11 is 0. The van der Waals surface area contributed by atoms with Gasteiger partial charge in [-0.3, -0.25) is 0 Å². The zero-order valence-corrected chi connectivity index (χ0v) is 10.1. The molecule has 0 nitrogen and oxygen atoms in total. The molecule has 5 atom stereocenters. The Morgan fingerprint density at radius 1 is 1.07 bits per heavy atom. The monoisotopic (exact) mass is 194 g/mol. The van der Waals surface area contributed by atoms with Gasteiger partial charge < -0.3 is 0 Å². The van der Waals surface area contributed by atoms with E-state index in [0.717, 1.165) is 29.6 Å². The first kappa shape index (κ1) is 10.5. The molecule has 0 heterocycles. The van der Waals surface area contributed by atoms with E-state index >= 15 is 0 Å². The van der Waals surface area contributed by atoms with Crippen LogP contribution in [0.3, 0.4) is 0 Å². The number of hydrogen-bond acceptors (Lipinski definition) is 0. The van der Waals surface area contributed by atoms with E-state index in [1.807, 2.05) is 0 Å². The molecule has 2 rings (SSSR count). The van der Waals surface area contributed by atoms with Gasteiger partial charge in [-0.2, -0.15) is 0 Å². The van der Waals surface area contributed by atoms with E-state index in [1.165, 1.54) is 19.3 Å². The van der Waals surface area contributed by atoms with Crippen LogP contribution in [0.25, 0.3) is 0 Å². The predicted octanol–water partition coefficient (Wildman–Crippen LogP) is 4.49. The minimum absolute atomic E-state index is 1.03. The maximum Gasteiger partial charge on any atom is -0.0352 e. The second kappa shape index (κ2) is 4.24. The topological polar surface area (TPSA) is 0 Å². The second-order valence-electron chi connectivity index (χ2n) is 5.84. The van der Waals surface area contributed by atoms with Crippen molar-refractivity contribution in [3.63, 3.8) is 0 Å². The third kappa shape index (κ3) is 1.73. The fourth-order valence-electron chi connectivity index (χ4n) is 4.50. The number of hydrogen-bond donors (Lipinski definition) is 0. The normalized spacial score (nSPS) is 46.9. The lowest BCUT2D eigenvalue weighted by Crippen LogP contribution is -2.12. The van der Waals surface area contributed by atoms with Gasteiger partial charge in [-0.1, -0.05) is 40.0 Å². The van der Waals surface area contributed by atoms with Gasteiger partial charge in [0.05, 0.1) is 0 Å². The van der Waals surface area contributed by atoms with Crippen LogP contribution in [0.1, 0.15) is 59.3 Å². The average Bonchev–Trinajstić information content (AvgIpc) is 2.61. The third-order valence-corrected chi connectivity index (χ3v) is 4.97. The van der Waals surface area contributed by atoms with Crippen molar-refractivity contribution in [2.45, 2.75) is 59.3 Å². The molecule has 2 aliphatic carbocycles. The van der Waals surface area contributed by atoms with Crippen molar-refractivity contribution in [3.05, 3.63) is 0 Å². The summed E-state index contributed by atoms with van der Waals surface area (Å²) < 4.78 is 0. The molecule has 0 saturated heterocycles. The summed E-state index contributed by atoms with van der Waals surface area (Å²) in [5, 5.41) is 0. The van der Waals surface area contributed by atoms with E-state index in [2.05, 4.69) is 20.8 Å². The van der Waals surface area contributed by atoms with Crippen molar-refractivity contribution in [1.29, 1.82) is 0 Å². The fourth-order valence-corrected chi connectivity index (χ4v) is 4.50. The minimum atomic E-state index is 1.03. The van der Waals surface area contributed by atoms with E-state index < -0.39 is 0 Å². The fraction of sp³-hybridized carbons (Fsp3) is 1.00. The van der Waals surface area contributed by atoms with E-state index in [0.29, 0.717) is 0 Å². The van der Waals surface area contributed by atoms with Crippen LogP contribution >= 0.6 is 0 Å². The first-order valence-electron chi connectivity index (χ1n) is 6.76. The van der Waals surface area contributed by atoms with Gasteiger partial charge in [0.2, 0.25) is 0 Å². The Bertz CT molecular complexity index is 184. The zero-order chi connectivity index (χ0) is 10.1. The van der Waals surface area contributed by atoms with Gasteiger partial charge in [0.1, 0.15) is 0 Å². The molecular weight excluding hydrogens is 168 g/mol. The molecule has 5 unspecified atom stereocenters. The highest BCUT2D eigenvalue weighted by molar-refractivity contribution is 4.94. The van der Waals surface area contributed by atoms with E-state index in [1.54, 1.807) is 19.3 Å². The van der Waals surface area contributed by atoms with Crippen LogP contribution in [0, 0.1) is 29.6 Å². The second-order valence-corrected chi connectivity index (χ2v) is 5.84. The Labute approximate surface area is 89.5 Å². The maximum absolute atomic E-state index is 2.49. The van der Waals surface area contributed by atoms with Gasteiger partial charge in [-0.15, -0.1) is 0 Å². The van der Waals surface area contributed by atoms with Crippen LogP contribution in [0.2, 0.25) is 0 Å². The summed E-state index contributed by atoms with van der Waals surface area (Å²) in [5.41, 5.74) is 0. The van der Waals surface area contributed by atoms with Crippen LogP contribution in [0.5, 0.6) is 0 Å². The lowest BCUT2D eigenvalue weighted by molar-refractivity contribution is 0.290. The highest BCUT2D eigenvalue weighted by atomic mass is 14.5. The Morgan fingerprint density at radius 3 is 2.50 bits per heavy atom. The molecule has 0 radical (unpaired) electrons. The first-order chi connectivity index (χ1) is 6.76. The van der Waals surface area contributed by atoms with Gasteiger partial charge >= 0.3 is 0 Å². The molecule has 0 heteroatoms. The molecule has 2 fully saturated rings. The molecule has 0 aliphatic heterocycles. The predicted molar refractivity (Wildman–Crippen MR) is 62.2 cm³/mol. The van der Waals surface area contributed by atoms with Gasteiger partial charge in [0.15, 0.2) is 0 Å². The van der Waals surface area contributed by atoms with Crippen molar-refractivity contribution in [3.8, 4) is 0 Å². The summed E-state index contributed by atoms with van der Waals surface area (Å²) in [6.45, 7) is 7.23. The van der Waals surface area contributed by atoms with E-state index in [4.69, 9.17) is 0 Å². The highest BCUT2D eigenvalue weighted by Gasteiger charge is 2.45. The molecule has 0 bridgehead atoms. The summed E-state index contributed by atoms with van der Waals surface area (Å²) in [7, 11) is 0. The van der Waals surface area contributed by atoms with Crippen molar-refractivity contribution in [2.24, 2.45) is 29.6 Å². The molecule has 0 spiro atoms. The molecule has 0 aromatic rings. The van der Waals surface area contributed by atoms with Gasteiger partial charge in [-0.25, -0.2) is 0 Å². The standard InChI is InChI=1S/C14H26/c1-4-6-11-8-12-7-10(3)13(5-2)14(12)9-11/h10-14H,4-9H2,1-3H3. The molecule has 82 valence electrons. The molecule has 14 heavy (non-hydrogen) atoms. The minimum Gasteiger partial charge on any atom is -0.0654 e. The number of fused-ring (bicyclic) bond motifs is 1. The molecule has 2 aliphatic rings. The van der Waals surface area contributed by atoms with Crippen LogP contribution in [-0.4, -0.2) is 0 Å². The Kier molecular flexibility index (Phi) is 3.19. The summed E-state index contributed by atoms with van der Waals surface area (Å²) in [4.78, 5) is 0. The van der Waals surface area contributed by atoms with Crippen molar-refractivity contribution in [1.82, 2.24) is 0 Å². The largest absolute Gasteiger partial charge is 0.0654 e. The summed E-state index contributed by atoms with van der Waals surface area (Å²) in [5.74, 6) is 5.43. The quantitative estimate of drug-likeness (QED) is 0.621. The molecule has 2 saturated carbocycles. The average molecular weight is 194 g/mol. The smallest absolute Gasteiger partial charge is 0.0352 e. The lowest BCUT2D eigenvalue weighted by Gasteiger charge is -2.20. The highest BCUT2D eigenvalue weighted by Crippen LogP contribution is 2.54. The Hall–Kier alpha value is 0. The van der Waals surface area contributed by atoms with Gasteiger partial charge in [-0.05, 0) is 48.9 Å². The molecule has 0 amide bonds. The summed E-state index contributed by atoms with van der Waals surface area (Å²) in [6.07, 6.45) is 9.01. The molecule has 0 N–H and O–H groups in total. The van der Waals surface area contributed by atoms with E-state index in [-0.39, 0.29) is 0 Å². The lowest BCUT2D eigenvalue weighted by atomic mass is 9.85. The SMILES string of the molecule is CCCC1CC2CC(C)C(CC)C2C1. The third-order valence-electron chi connectivity index (χ3n) is 4.97. The van der Waals surface area contributed by atoms with Gasteiger partial charge in [0.25, 0.3) is 0 Å². The zero-order valence-electron chi connectivity index (χ0n) is 10.1. The summed E-state index contributed by atoms with van der Waals surface area (Å²) in [6, 6.07) is 0. The van der Waals surface area contributed by atoms with Crippen molar-refractivity contribution < 1.29 is 0 Å². The van der Waals surface area contributed by atoms with Crippen LogP contribution < -0.4 is 0 Å². The Morgan fingerprint density at radius 2 is 1.86 bits per heavy atom. The molecule has 0 aromatic carbocycles. The van der Waals surface area contributed by atoms with E-state index in [9.17, 15) is 0 Å². The molecular formula is C14H26. The van der Waals surface area contributed by atoms with Gasteiger partial charge in [0, 0.05) is 0 Å². The maximum atomic E-state index is 2.49. The first-order valence-corrected chi connectivity index (χ1v) is 6.76.